The molecule has 4 rings (SSSR count). The van der Waals surface area contributed by atoms with Crippen LogP contribution in [0.2, 0.25) is 0 Å². The van der Waals surface area contributed by atoms with Crippen LogP contribution >= 0.6 is 11.3 Å². The molecule has 0 bridgehead atoms. The second-order valence-corrected chi connectivity index (χ2v) is 8.07. The molecular formula is C18H26N4O2S. The largest absolute Gasteiger partial charge is 0.374 e. The van der Waals surface area contributed by atoms with Crippen LogP contribution in [0.15, 0.2) is 21.3 Å². The highest BCUT2D eigenvalue weighted by Crippen LogP contribution is 2.56. The summed E-state index contributed by atoms with van der Waals surface area (Å²) in [4.78, 5) is 7.07. The molecule has 2 fully saturated rings. The van der Waals surface area contributed by atoms with Gasteiger partial charge in [0.15, 0.2) is 5.82 Å². The topological polar surface area (TPSA) is 63.4 Å². The molecule has 2 aliphatic rings. The van der Waals surface area contributed by atoms with Crippen molar-refractivity contribution in [3.8, 4) is 0 Å². The van der Waals surface area contributed by atoms with E-state index in [2.05, 4.69) is 37.2 Å². The Kier molecular flexibility index (Phi) is 4.90. The lowest BCUT2D eigenvalue weighted by atomic mass is 9.93. The fourth-order valence-electron chi connectivity index (χ4n) is 3.97. The lowest BCUT2D eigenvalue weighted by Gasteiger charge is -2.28. The second-order valence-electron chi connectivity index (χ2n) is 7.29. The van der Waals surface area contributed by atoms with Crippen molar-refractivity contribution < 1.29 is 9.26 Å². The van der Waals surface area contributed by atoms with Crippen LogP contribution in [0.5, 0.6) is 0 Å². The quantitative estimate of drug-likeness (QED) is 0.817. The van der Waals surface area contributed by atoms with E-state index in [1.54, 1.807) is 18.4 Å². The van der Waals surface area contributed by atoms with Crippen molar-refractivity contribution in [2.24, 2.45) is 5.41 Å². The second kappa shape index (κ2) is 7.15. The zero-order valence-corrected chi connectivity index (χ0v) is 15.7. The maximum absolute atomic E-state index is 5.50. The number of piperidine rings is 1. The van der Waals surface area contributed by atoms with Crippen molar-refractivity contribution in [2.45, 2.75) is 51.4 Å². The molecule has 1 aliphatic heterocycles. The van der Waals surface area contributed by atoms with Gasteiger partial charge in [-0.05, 0) is 67.1 Å². The monoisotopic (exact) mass is 362 g/mol. The Labute approximate surface area is 152 Å². The van der Waals surface area contributed by atoms with E-state index in [4.69, 9.17) is 9.26 Å². The van der Waals surface area contributed by atoms with Crippen LogP contribution in [0, 0.1) is 5.41 Å². The van der Waals surface area contributed by atoms with E-state index in [-0.39, 0.29) is 6.10 Å². The third-order valence-electron chi connectivity index (χ3n) is 5.69. The SMILES string of the molecule is CO[C@@H](C)c1noc(CN(Cc2ccsc2)[C@@H]2CC23CCNCC3)n1. The van der Waals surface area contributed by atoms with Gasteiger partial charge in [0.05, 0.1) is 6.54 Å². The van der Waals surface area contributed by atoms with Gasteiger partial charge in [0.25, 0.3) is 0 Å². The van der Waals surface area contributed by atoms with Gasteiger partial charge >= 0.3 is 0 Å². The summed E-state index contributed by atoms with van der Waals surface area (Å²) in [5.74, 6) is 1.31. The Balaban J connectivity index is 1.49. The van der Waals surface area contributed by atoms with E-state index >= 15 is 0 Å². The van der Waals surface area contributed by atoms with Gasteiger partial charge in [-0.15, -0.1) is 0 Å². The number of thiophene rings is 1. The van der Waals surface area contributed by atoms with Gasteiger partial charge in [-0.3, -0.25) is 4.90 Å². The molecule has 25 heavy (non-hydrogen) atoms. The smallest absolute Gasteiger partial charge is 0.240 e. The molecule has 136 valence electrons. The Morgan fingerprint density at radius 1 is 1.44 bits per heavy atom. The zero-order valence-electron chi connectivity index (χ0n) is 14.9. The van der Waals surface area contributed by atoms with Crippen molar-refractivity contribution in [3.63, 3.8) is 0 Å². The first-order valence-electron chi connectivity index (χ1n) is 9.01. The number of methoxy groups -OCH3 is 1. The maximum atomic E-state index is 5.50. The molecule has 7 heteroatoms. The van der Waals surface area contributed by atoms with Crippen LogP contribution in [-0.2, 0) is 17.8 Å². The van der Waals surface area contributed by atoms with Crippen molar-refractivity contribution in [1.29, 1.82) is 0 Å². The molecule has 0 amide bonds. The van der Waals surface area contributed by atoms with Gasteiger partial charge in [0, 0.05) is 19.7 Å². The molecule has 1 saturated carbocycles. The first kappa shape index (κ1) is 17.1. The van der Waals surface area contributed by atoms with Crippen molar-refractivity contribution in [2.75, 3.05) is 20.2 Å². The van der Waals surface area contributed by atoms with Gasteiger partial charge in [-0.25, -0.2) is 0 Å². The summed E-state index contributed by atoms with van der Waals surface area (Å²) in [6.45, 7) is 5.86. The summed E-state index contributed by atoms with van der Waals surface area (Å²) in [5.41, 5.74) is 1.86. The summed E-state index contributed by atoms with van der Waals surface area (Å²) < 4.78 is 10.8. The predicted molar refractivity (Wildman–Crippen MR) is 96.2 cm³/mol. The van der Waals surface area contributed by atoms with E-state index in [0.29, 0.717) is 29.7 Å². The standard InChI is InChI=1S/C18H26N4O2S/c1-13(23-2)17-20-16(24-21-17)11-22(10-14-3-8-25-12-14)15-9-18(15)4-6-19-7-5-18/h3,8,12-13,15,19H,4-7,9-11H2,1-2H3/t13-,15+/m0/s1. The minimum atomic E-state index is -0.139. The summed E-state index contributed by atoms with van der Waals surface area (Å²) in [5, 5.41) is 11.9. The van der Waals surface area contributed by atoms with Crippen molar-refractivity contribution >= 4 is 11.3 Å². The van der Waals surface area contributed by atoms with Crippen LogP contribution in [-0.4, -0.2) is 41.3 Å². The van der Waals surface area contributed by atoms with Crippen LogP contribution < -0.4 is 5.32 Å². The zero-order chi connectivity index (χ0) is 17.3. The van der Waals surface area contributed by atoms with E-state index < -0.39 is 0 Å². The van der Waals surface area contributed by atoms with Gasteiger partial charge in [-0.1, -0.05) is 5.16 Å². The molecule has 0 radical (unpaired) electrons. The molecule has 0 aromatic carbocycles. The molecule has 1 spiro atoms. The molecule has 6 nitrogen and oxygen atoms in total. The molecule has 2 aromatic heterocycles. The summed E-state index contributed by atoms with van der Waals surface area (Å²) >= 11 is 1.75. The average Bonchev–Trinajstić information content (AvgIpc) is 3.03. The maximum Gasteiger partial charge on any atom is 0.240 e. The van der Waals surface area contributed by atoms with Crippen LogP contribution in [0.4, 0.5) is 0 Å². The molecule has 2 atom stereocenters. The summed E-state index contributed by atoms with van der Waals surface area (Å²) in [6, 6.07) is 2.83. The average molecular weight is 362 g/mol. The van der Waals surface area contributed by atoms with Crippen LogP contribution in [0.3, 0.4) is 0 Å². The Hall–Kier alpha value is -1.28. The molecule has 2 aromatic rings. The van der Waals surface area contributed by atoms with E-state index in [1.165, 1.54) is 24.8 Å². The minimum absolute atomic E-state index is 0.139. The van der Waals surface area contributed by atoms with Crippen LogP contribution in [0.1, 0.15) is 49.6 Å². The van der Waals surface area contributed by atoms with Crippen molar-refractivity contribution in [3.05, 3.63) is 34.1 Å². The molecule has 3 heterocycles. The van der Waals surface area contributed by atoms with Gasteiger partial charge in [-0.2, -0.15) is 16.3 Å². The third kappa shape index (κ3) is 3.65. The van der Waals surface area contributed by atoms with Gasteiger partial charge < -0.3 is 14.6 Å². The lowest BCUT2D eigenvalue weighted by Crippen LogP contribution is -2.35. The fraction of sp³-hybridized carbons (Fsp3) is 0.667. The minimum Gasteiger partial charge on any atom is -0.374 e. The van der Waals surface area contributed by atoms with Gasteiger partial charge in [0.2, 0.25) is 5.89 Å². The highest BCUT2D eigenvalue weighted by atomic mass is 32.1. The van der Waals surface area contributed by atoms with Crippen molar-refractivity contribution in [1.82, 2.24) is 20.4 Å². The number of nitrogens with zero attached hydrogens (tertiary/aromatic N) is 3. The Bertz CT molecular complexity index is 681. The normalized spacial score (nSPS) is 23.2. The Morgan fingerprint density at radius 2 is 2.28 bits per heavy atom. The van der Waals surface area contributed by atoms with E-state index in [0.717, 1.165) is 19.6 Å². The summed E-state index contributed by atoms with van der Waals surface area (Å²) in [6.07, 6.45) is 3.69. The fourth-order valence-corrected chi connectivity index (χ4v) is 4.63. The number of rotatable bonds is 7. The predicted octanol–water partition coefficient (Wildman–Crippen LogP) is 2.98. The molecule has 1 N–H and O–H groups in total. The lowest BCUT2D eigenvalue weighted by molar-refractivity contribution is 0.109. The number of hydrogen-bond donors (Lipinski definition) is 1. The third-order valence-corrected chi connectivity index (χ3v) is 6.42. The number of nitrogens with one attached hydrogen (secondary N) is 1. The highest BCUT2D eigenvalue weighted by Gasteiger charge is 2.56. The number of ether oxygens (including phenoxy) is 1. The van der Waals surface area contributed by atoms with E-state index in [1.807, 2.05) is 6.92 Å². The molecule has 0 unspecified atom stereocenters. The number of aromatic nitrogens is 2. The van der Waals surface area contributed by atoms with Crippen LogP contribution in [0.25, 0.3) is 0 Å². The summed E-state index contributed by atoms with van der Waals surface area (Å²) in [7, 11) is 1.66. The molecule has 1 saturated heterocycles. The Morgan fingerprint density at radius 3 is 3.00 bits per heavy atom. The van der Waals surface area contributed by atoms with E-state index in [9.17, 15) is 0 Å². The molecular weight excluding hydrogens is 336 g/mol. The first-order chi connectivity index (χ1) is 12.2. The highest BCUT2D eigenvalue weighted by molar-refractivity contribution is 7.07. The van der Waals surface area contributed by atoms with Gasteiger partial charge in [0.1, 0.15) is 6.10 Å². The number of hydrogen-bond acceptors (Lipinski definition) is 7. The molecule has 1 aliphatic carbocycles. The first-order valence-corrected chi connectivity index (χ1v) is 9.95.